The second-order valence-corrected chi connectivity index (χ2v) is 6.25. The summed E-state index contributed by atoms with van der Waals surface area (Å²) < 4.78 is 10.8. The molecular formula is C20H26O3. The molecule has 124 valence electrons. The van der Waals surface area contributed by atoms with Crippen molar-refractivity contribution in [3.8, 4) is 11.5 Å². The summed E-state index contributed by atoms with van der Waals surface area (Å²) in [6, 6.07) is 16.3. The number of hydrogen-bond donors (Lipinski definition) is 1. The van der Waals surface area contributed by atoms with Crippen molar-refractivity contribution in [1.82, 2.24) is 0 Å². The molecule has 1 atom stereocenters. The molecule has 0 radical (unpaired) electrons. The fourth-order valence-corrected chi connectivity index (χ4v) is 2.45. The van der Waals surface area contributed by atoms with E-state index in [1.54, 1.807) is 7.11 Å². The molecule has 0 heterocycles. The molecule has 1 N–H and O–H groups in total. The first kappa shape index (κ1) is 17.4. The number of hydrogen-bond acceptors (Lipinski definition) is 3. The van der Waals surface area contributed by atoms with Crippen LogP contribution in [0.2, 0.25) is 0 Å². The highest BCUT2D eigenvalue weighted by atomic mass is 16.5. The molecule has 0 aliphatic rings. The summed E-state index contributed by atoms with van der Waals surface area (Å²) in [6.45, 7) is 6.67. The van der Waals surface area contributed by atoms with Gasteiger partial charge in [-0.15, -0.1) is 0 Å². The molecular weight excluding hydrogens is 288 g/mol. The zero-order chi connectivity index (χ0) is 16.9. The van der Waals surface area contributed by atoms with Crippen molar-refractivity contribution >= 4 is 0 Å². The van der Waals surface area contributed by atoms with E-state index in [-0.39, 0.29) is 5.41 Å². The van der Waals surface area contributed by atoms with E-state index >= 15 is 0 Å². The molecule has 0 amide bonds. The van der Waals surface area contributed by atoms with Crippen molar-refractivity contribution in [3.63, 3.8) is 0 Å². The highest BCUT2D eigenvalue weighted by Crippen LogP contribution is 2.33. The van der Waals surface area contributed by atoms with Crippen LogP contribution in [0.3, 0.4) is 0 Å². The largest absolute Gasteiger partial charge is 0.497 e. The number of aliphatic hydroxyl groups excluding tert-OH is 1. The first-order valence-electron chi connectivity index (χ1n) is 8.03. The topological polar surface area (TPSA) is 38.7 Å². The Morgan fingerprint density at radius 3 is 1.83 bits per heavy atom. The normalized spacial score (nSPS) is 12.7. The van der Waals surface area contributed by atoms with Gasteiger partial charge in [0.25, 0.3) is 0 Å². The van der Waals surface area contributed by atoms with Crippen molar-refractivity contribution in [2.24, 2.45) is 0 Å². The van der Waals surface area contributed by atoms with Crippen LogP contribution in [-0.2, 0) is 5.41 Å². The van der Waals surface area contributed by atoms with Crippen LogP contribution in [0, 0.1) is 0 Å². The van der Waals surface area contributed by atoms with Crippen LogP contribution in [0.25, 0.3) is 0 Å². The first-order valence-corrected chi connectivity index (χ1v) is 8.03. The van der Waals surface area contributed by atoms with Crippen LogP contribution in [-0.4, -0.2) is 24.9 Å². The maximum atomic E-state index is 9.56. The zero-order valence-electron chi connectivity index (χ0n) is 14.4. The molecule has 0 aliphatic carbocycles. The summed E-state index contributed by atoms with van der Waals surface area (Å²) in [5, 5.41) is 9.56. The molecule has 0 aromatic heterocycles. The third-order valence-electron chi connectivity index (χ3n) is 4.30. The minimum Gasteiger partial charge on any atom is -0.497 e. The van der Waals surface area contributed by atoms with Gasteiger partial charge in [0.1, 0.15) is 18.1 Å². The molecule has 3 heteroatoms. The average Bonchev–Trinajstić information content (AvgIpc) is 2.60. The Morgan fingerprint density at radius 1 is 0.913 bits per heavy atom. The molecule has 0 aliphatic heterocycles. The Morgan fingerprint density at radius 2 is 1.39 bits per heavy atom. The van der Waals surface area contributed by atoms with Gasteiger partial charge in [0, 0.05) is 5.41 Å². The Labute approximate surface area is 138 Å². The lowest BCUT2D eigenvalue weighted by Gasteiger charge is -2.26. The molecule has 0 saturated carbocycles. The number of rotatable bonds is 7. The van der Waals surface area contributed by atoms with Crippen molar-refractivity contribution in [2.75, 3.05) is 13.7 Å². The SMILES string of the molecule is CCC(O)COc1ccc(C(C)(C)c2ccc(OC)cc2)cc1. The second kappa shape index (κ2) is 7.51. The number of benzene rings is 2. The van der Waals surface area contributed by atoms with Gasteiger partial charge in [-0.25, -0.2) is 0 Å². The van der Waals surface area contributed by atoms with Crippen molar-refractivity contribution in [1.29, 1.82) is 0 Å². The van der Waals surface area contributed by atoms with Crippen LogP contribution in [0.1, 0.15) is 38.3 Å². The van der Waals surface area contributed by atoms with E-state index in [4.69, 9.17) is 9.47 Å². The lowest BCUT2D eigenvalue weighted by atomic mass is 9.78. The van der Waals surface area contributed by atoms with Crippen LogP contribution in [0.15, 0.2) is 48.5 Å². The molecule has 2 aromatic rings. The minimum absolute atomic E-state index is 0.103. The van der Waals surface area contributed by atoms with Gasteiger partial charge in [-0.3, -0.25) is 0 Å². The molecule has 23 heavy (non-hydrogen) atoms. The van der Waals surface area contributed by atoms with Gasteiger partial charge >= 0.3 is 0 Å². The lowest BCUT2D eigenvalue weighted by molar-refractivity contribution is 0.104. The Bertz CT molecular complexity index is 600. The summed E-state index contributed by atoms with van der Waals surface area (Å²) in [5.74, 6) is 1.65. The average molecular weight is 314 g/mol. The van der Waals surface area contributed by atoms with Gasteiger partial charge in [-0.05, 0) is 41.8 Å². The van der Waals surface area contributed by atoms with E-state index in [9.17, 15) is 5.11 Å². The maximum absolute atomic E-state index is 9.56. The highest BCUT2D eigenvalue weighted by molar-refractivity contribution is 5.41. The maximum Gasteiger partial charge on any atom is 0.119 e. The molecule has 0 saturated heterocycles. The number of methoxy groups -OCH3 is 1. The molecule has 0 spiro atoms. The third-order valence-corrected chi connectivity index (χ3v) is 4.30. The Hall–Kier alpha value is -2.00. The summed E-state index contributed by atoms with van der Waals surface area (Å²) >= 11 is 0. The van der Waals surface area contributed by atoms with E-state index in [1.807, 2.05) is 31.2 Å². The van der Waals surface area contributed by atoms with E-state index in [0.717, 1.165) is 11.5 Å². The van der Waals surface area contributed by atoms with Crippen LogP contribution >= 0.6 is 0 Å². The monoisotopic (exact) mass is 314 g/mol. The summed E-state index contributed by atoms with van der Waals surface area (Å²) in [5.41, 5.74) is 2.34. The predicted octanol–water partition coefficient (Wildman–Crippen LogP) is 4.17. The number of aliphatic hydroxyl groups is 1. The molecule has 0 fully saturated rings. The highest BCUT2D eigenvalue weighted by Gasteiger charge is 2.23. The molecule has 1 unspecified atom stereocenters. The summed E-state index contributed by atoms with van der Waals surface area (Å²) in [7, 11) is 1.67. The van der Waals surface area contributed by atoms with Crippen LogP contribution in [0.4, 0.5) is 0 Å². The fourth-order valence-electron chi connectivity index (χ4n) is 2.45. The van der Waals surface area contributed by atoms with Crippen LogP contribution in [0.5, 0.6) is 11.5 Å². The zero-order valence-corrected chi connectivity index (χ0v) is 14.4. The second-order valence-electron chi connectivity index (χ2n) is 6.25. The molecule has 0 bridgehead atoms. The van der Waals surface area contributed by atoms with Crippen molar-refractivity contribution in [3.05, 3.63) is 59.7 Å². The number of ether oxygens (including phenoxy) is 2. The Kier molecular flexibility index (Phi) is 5.67. The van der Waals surface area contributed by atoms with Gasteiger partial charge in [0.05, 0.1) is 13.2 Å². The minimum atomic E-state index is -0.412. The van der Waals surface area contributed by atoms with Crippen LogP contribution < -0.4 is 9.47 Å². The van der Waals surface area contributed by atoms with E-state index < -0.39 is 6.10 Å². The van der Waals surface area contributed by atoms with Crippen molar-refractivity contribution < 1.29 is 14.6 Å². The summed E-state index contributed by atoms with van der Waals surface area (Å²) in [4.78, 5) is 0. The Balaban J connectivity index is 2.12. The van der Waals surface area contributed by atoms with E-state index in [1.165, 1.54) is 11.1 Å². The van der Waals surface area contributed by atoms with Gasteiger partial charge in [0.15, 0.2) is 0 Å². The molecule has 3 nitrogen and oxygen atoms in total. The fraction of sp³-hybridized carbons (Fsp3) is 0.400. The quantitative estimate of drug-likeness (QED) is 0.833. The standard InChI is InChI=1S/C20H26O3/c1-5-17(21)14-23-19-12-8-16(9-13-19)20(2,3)15-6-10-18(22-4)11-7-15/h6-13,17,21H,5,14H2,1-4H3. The smallest absolute Gasteiger partial charge is 0.119 e. The van der Waals surface area contributed by atoms with E-state index in [0.29, 0.717) is 13.0 Å². The molecule has 2 aromatic carbocycles. The van der Waals surface area contributed by atoms with Gasteiger partial charge < -0.3 is 14.6 Å². The summed E-state index contributed by atoms with van der Waals surface area (Å²) in [6.07, 6.45) is 0.285. The molecule has 2 rings (SSSR count). The van der Waals surface area contributed by atoms with E-state index in [2.05, 4.69) is 38.1 Å². The van der Waals surface area contributed by atoms with Crippen molar-refractivity contribution in [2.45, 2.75) is 38.7 Å². The first-order chi connectivity index (χ1) is 11.0. The lowest BCUT2D eigenvalue weighted by Crippen LogP contribution is -2.19. The van der Waals surface area contributed by atoms with Gasteiger partial charge in [0.2, 0.25) is 0 Å². The predicted molar refractivity (Wildman–Crippen MR) is 93.4 cm³/mol. The van der Waals surface area contributed by atoms with Gasteiger partial charge in [-0.1, -0.05) is 45.0 Å². The third kappa shape index (κ3) is 4.26. The van der Waals surface area contributed by atoms with Gasteiger partial charge in [-0.2, -0.15) is 0 Å².